The molecule has 0 spiro atoms. The predicted molar refractivity (Wildman–Crippen MR) is 114 cm³/mol. The molecule has 4 aromatic rings. The molecule has 0 aliphatic rings. The van der Waals surface area contributed by atoms with Gasteiger partial charge in [-0.3, -0.25) is 0 Å². The zero-order valence-corrected chi connectivity index (χ0v) is 16.0. The van der Waals surface area contributed by atoms with Crippen LogP contribution in [0.15, 0.2) is 71.1 Å². The van der Waals surface area contributed by atoms with Gasteiger partial charge in [0.05, 0.1) is 15.6 Å². The molecule has 0 unspecified atom stereocenters. The molecule has 0 fully saturated rings. The second kappa shape index (κ2) is 7.55. The van der Waals surface area contributed by atoms with Crippen LogP contribution in [0.2, 0.25) is 10.0 Å². The molecule has 28 heavy (non-hydrogen) atoms. The van der Waals surface area contributed by atoms with E-state index in [4.69, 9.17) is 32.7 Å². The summed E-state index contributed by atoms with van der Waals surface area (Å²) in [5.41, 5.74) is 3.87. The van der Waals surface area contributed by atoms with Gasteiger partial charge in [0.2, 0.25) is 0 Å². The first-order chi connectivity index (χ1) is 13.5. The van der Waals surface area contributed by atoms with Crippen LogP contribution in [0.3, 0.4) is 0 Å². The third-order valence-corrected chi connectivity index (χ3v) is 5.10. The van der Waals surface area contributed by atoms with Crippen molar-refractivity contribution < 1.29 is 14.3 Å². The van der Waals surface area contributed by atoms with Crippen molar-refractivity contribution in [2.75, 3.05) is 0 Å². The van der Waals surface area contributed by atoms with Gasteiger partial charge in [-0.2, -0.15) is 0 Å². The molecule has 3 aromatic carbocycles. The Kier molecular flexibility index (Phi) is 4.95. The van der Waals surface area contributed by atoms with E-state index < -0.39 is 5.97 Å². The van der Waals surface area contributed by atoms with Crippen LogP contribution < -0.4 is 0 Å². The highest BCUT2D eigenvalue weighted by molar-refractivity contribution is 6.42. The molecular formula is C23H14Cl2O3. The Balaban J connectivity index is 1.54. The molecule has 0 saturated heterocycles. The average Bonchev–Trinajstić information content (AvgIpc) is 3.10. The first-order valence-electron chi connectivity index (χ1n) is 8.50. The fourth-order valence-electron chi connectivity index (χ4n) is 2.86. The highest BCUT2D eigenvalue weighted by atomic mass is 35.5. The standard InChI is InChI=1S/C23H14Cl2O3/c24-19-11-18-12-21(28-22(18)13-20(19)25)16-7-3-14(4-8-16)1-2-15-5-9-17(10-6-15)23(26)27/h1-13H,(H,26,27)/b2-1+. The van der Waals surface area contributed by atoms with Crippen LogP contribution in [0.4, 0.5) is 0 Å². The lowest BCUT2D eigenvalue weighted by atomic mass is 10.1. The number of rotatable bonds is 4. The number of carboxylic acids is 1. The van der Waals surface area contributed by atoms with Gasteiger partial charge in [-0.1, -0.05) is 71.8 Å². The summed E-state index contributed by atoms with van der Waals surface area (Å²) >= 11 is 12.1. The molecule has 138 valence electrons. The number of furan rings is 1. The van der Waals surface area contributed by atoms with Crippen molar-refractivity contribution in [1.82, 2.24) is 0 Å². The number of hydrogen-bond acceptors (Lipinski definition) is 2. The Morgan fingerprint density at radius 1 is 0.821 bits per heavy atom. The number of halogens is 2. The van der Waals surface area contributed by atoms with Gasteiger partial charge in [-0.15, -0.1) is 0 Å². The number of carboxylic acid groups (broad SMARTS) is 1. The second-order valence-corrected chi connectivity index (χ2v) is 7.11. The third kappa shape index (κ3) is 3.81. The van der Waals surface area contributed by atoms with Crippen molar-refractivity contribution in [1.29, 1.82) is 0 Å². The summed E-state index contributed by atoms with van der Waals surface area (Å²) in [6.07, 6.45) is 3.91. The van der Waals surface area contributed by atoms with E-state index in [2.05, 4.69) is 0 Å². The van der Waals surface area contributed by atoms with E-state index in [1.807, 2.05) is 42.5 Å². The maximum Gasteiger partial charge on any atom is 0.335 e. The average molecular weight is 409 g/mol. The van der Waals surface area contributed by atoms with E-state index in [1.165, 1.54) is 0 Å². The van der Waals surface area contributed by atoms with Gasteiger partial charge in [-0.05, 0) is 35.4 Å². The normalized spacial score (nSPS) is 11.4. The molecule has 1 heterocycles. The lowest BCUT2D eigenvalue weighted by molar-refractivity contribution is 0.0697. The minimum Gasteiger partial charge on any atom is -0.478 e. The van der Waals surface area contributed by atoms with Crippen molar-refractivity contribution in [3.8, 4) is 11.3 Å². The Bertz CT molecular complexity index is 1150. The zero-order chi connectivity index (χ0) is 19.7. The Morgan fingerprint density at radius 3 is 2.00 bits per heavy atom. The minimum absolute atomic E-state index is 0.273. The van der Waals surface area contributed by atoms with Crippen molar-refractivity contribution in [3.05, 3.63) is 93.5 Å². The molecule has 0 amide bonds. The molecular weight excluding hydrogens is 395 g/mol. The number of fused-ring (bicyclic) bond motifs is 1. The topological polar surface area (TPSA) is 50.4 Å². The van der Waals surface area contributed by atoms with Gasteiger partial charge < -0.3 is 9.52 Å². The Labute approximate surface area is 171 Å². The van der Waals surface area contributed by atoms with Crippen LogP contribution in [0.1, 0.15) is 21.5 Å². The molecule has 3 nitrogen and oxygen atoms in total. The van der Waals surface area contributed by atoms with Crippen LogP contribution in [-0.2, 0) is 0 Å². The van der Waals surface area contributed by atoms with E-state index >= 15 is 0 Å². The smallest absolute Gasteiger partial charge is 0.335 e. The molecule has 0 radical (unpaired) electrons. The Hall–Kier alpha value is -3.01. The second-order valence-electron chi connectivity index (χ2n) is 6.30. The number of carbonyl (C=O) groups is 1. The maximum absolute atomic E-state index is 10.9. The van der Waals surface area contributed by atoms with E-state index in [-0.39, 0.29) is 5.56 Å². The molecule has 0 bridgehead atoms. The Morgan fingerprint density at radius 2 is 1.39 bits per heavy atom. The molecule has 4 rings (SSSR count). The summed E-state index contributed by atoms with van der Waals surface area (Å²) in [7, 11) is 0. The molecule has 1 aromatic heterocycles. The van der Waals surface area contributed by atoms with E-state index in [1.54, 1.807) is 36.4 Å². The summed E-state index contributed by atoms with van der Waals surface area (Å²) in [5, 5.41) is 10.8. The summed E-state index contributed by atoms with van der Waals surface area (Å²) in [5.74, 6) is -0.186. The fourth-order valence-corrected chi connectivity index (χ4v) is 3.19. The molecule has 0 atom stereocenters. The minimum atomic E-state index is -0.929. The largest absolute Gasteiger partial charge is 0.478 e. The van der Waals surface area contributed by atoms with Gasteiger partial charge in [0.1, 0.15) is 11.3 Å². The van der Waals surface area contributed by atoms with Gasteiger partial charge in [0, 0.05) is 17.0 Å². The number of hydrogen-bond donors (Lipinski definition) is 1. The monoisotopic (exact) mass is 408 g/mol. The van der Waals surface area contributed by atoms with Gasteiger partial charge in [0.15, 0.2) is 0 Å². The van der Waals surface area contributed by atoms with Gasteiger partial charge in [-0.25, -0.2) is 4.79 Å². The molecule has 0 saturated carbocycles. The predicted octanol–water partition coefficient (Wildman–Crippen LogP) is 7.28. The van der Waals surface area contributed by atoms with Gasteiger partial charge >= 0.3 is 5.97 Å². The molecule has 0 aliphatic carbocycles. The van der Waals surface area contributed by atoms with Crippen molar-refractivity contribution in [3.63, 3.8) is 0 Å². The van der Waals surface area contributed by atoms with E-state index in [0.29, 0.717) is 15.6 Å². The number of benzene rings is 3. The summed E-state index contributed by atoms with van der Waals surface area (Å²) in [4.78, 5) is 10.9. The first-order valence-corrected chi connectivity index (χ1v) is 9.26. The van der Waals surface area contributed by atoms with Crippen LogP contribution in [0.25, 0.3) is 34.4 Å². The van der Waals surface area contributed by atoms with Crippen LogP contribution >= 0.6 is 23.2 Å². The van der Waals surface area contributed by atoms with Crippen LogP contribution in [-0.4, -0.2) is 11.1 Å². The van der Waals surface area contributed by atoms with E-state index in [0.717, 1.165) is 27.8 Å². The van der Waals surface area contributed by atoms with Crippen molar-refractivity contribution >= 4 is 52.3 Å². The van der Waals surface area contributed by atoms with Crippen molar-refractivity contribution in [2.24, 2.45) is 0 Å². The summed E-state index contributed by atoms with van der Waals surface area (Å²) in [6.45, 7) is 0. The summed E-state index contributed by atoms with van der Waals surface area (Å²) < 4.78 is 5.88. The highest BCUT2D eigenvalue weighted by Gasteiger charge is 2.09. The first kappa shape index (κ1) is 18.4. The van der Waals surface area contributed by atoms with Crippen LogP contribution in [0.5, 0.6) is 0 Å². The lowest BCUT2D eigenvalue weighted by Crippen LogP contribution is -1.94. The maximum atomic E-state index is 10.9. The third-order valence-electron chi connectivity index (χ3n) is 4.38. The lowest BCUT2D eigenvalue weighted by Gasteiger charge is -1.99. The number of aromatic carboxylic acids is 1. The zero-order valence-electron chi connectivity index (χ0n) is 14.5. The molecule has 0 aliphatic heterocycles. The van der Waals surface area contributed by atoms with Crippen LogP contribution in [0, 0.1) is 0 Å². The molecule has 5 heteroatoms. The SMILES string of the molecule is O=C(O)c1ccc(/C=C/c2ccc(-c3cc4cc(Cl)c(Cl)cc4o3)cc2)cc1. The highest BCUT2D eigenvalue weighted by Crippen LogP contribution is 2.33. The van der Waals surface area contributed by atoms with Crippen molar-refractivity contribution in [2.45, 2.75) is 0 Å². The fraction of sp³-hybridized carbons (Fsp3) is 0. The van der Waals surface area contributed by atoms with E-state index in [9.17, 15) is 4.79 Å². The van der Waals surface area contributed by atoms with Gasteiger partial charge in [0.25, 0.3) is 0 Å². The quantitative estimate of drug-likeness (QED) is 0.361. The molecule has 1 N–H and O–H groups in total. The summed E-state index contributed by atoms with van der Waals surface area (Å²) in [6, 6.07) is 20.1.